The summed E-state index contributed by atoms with van der Waals surface area (Å²) in [6.45, 7) is 1.75. The van der Waals surface area contributed by atoms with Crippen LogP contribution in [0.5, 0.6) is 0 Å². The van der Waals surface area contributed by atoms with Crippen LogP contribution in [0.4, 0.5) is 11.4 Å². The summed E-state index contributed by atoms with van der Waals surface area (Å²) in [7, 11) is 1.24. The summed E-state index contributed by atoms with van der Waals surface area (Å²) in [5, 5.41) is 22.6. The molecule has 1 aromatic rings. The van der Waals surface area contributed by atoms with E-state index in [1.165, 1.54) is 25.3 Å². The molecule has 0 amide bonds. The lowest BCUT2D eigenvalue weighted by Gasteiger charge is -2.14. The van der Waals surface area contributed by atoms with E-state index in [-0.39, 0.29) is 29.6 Å². The molecule has 1 rings (SSSR count). The summed E-state index contributed by atoms with van der Waals surface area (Å²) < 4.78 is 4.57. The smallest absolute Gasteiger partial charge is 0.337 e. The van der Waals surface area contributed by atoms with Crippen LogP contribution in [0.2, 0.25) is 0 Å². The molecule has 7 nitrogen and oxygen atoms in total. The number of anilines is 1. The van der Waals surface area contributed by atoms with Gasteiger partial charge in [-0.05, 0) is 25.5 Å². The van der Waals surface area contributed by atoms with Gasteiger partial charge in [0.1, 0.15) is 5.69 Å². The van der Waals surface area contributed by atoms with Crippen molar-refractivity contribution in [3.05, 3.63) is 33.9 Å². The van der Waals surface area contributed by atoms with Crippen molar-refractivity contribution < 1.29 is 19.6 Å². The average Bonchev–Trinajstić information content (AvgIpc) is 2.37. The number of esters is 1. The number of nitrogens with one attached hydrogen (secondary N) is 1. The molecule has 0 aliphatic rings. The monoisotopic (exact) mass is 268 g/mol. The Labute approximate surface area is 110 Å². The number of aliphatic hydroxyl groups excluding tert-OH is 1. The van der Waals surface area contributed by atoms with Crippen LogP contribution >= 0.6 is 0 Å². The summed E-state index contributed by atoms with van der Waals surface area (Å²) in [5.41, 5.74) is 0.332. The van der Waals surface area contributed by atoms with E-state index in [0.29, 0.717) is 6.42 Å². The van der Waals surface area contributed by atoms with Gasteiger partial charge in [0.2, 0.25) is 0 Å². The topological polar surface area (TPSA) is 102 Å². The molecule has 2 N–H and O–H groups in total. The van der Waals surface area contributed by atoms with Crippen molar-refractivity contribution >= 4 is 17.3 Å². The highest BCUT2D eigenvalue weighted by Gasteiger charge is 2.18. The highest BCUT2D eigenvalue weighted by Crippen LogP contribution is 2.26. The average molecular weight is 268 g/mol. The first-order chi connectivity index (χ1) is 8.99. The molecular weight excluding hydrogens is 252 g/mol. The van der Waals surface area contributed by atoms with Crippen LogP contribution < -0.4 is 5.32 Å². The Morgan fingerprint density at radius 3 is 2.79 bits per heavy atom. The van der Waals surface area contributed by atoms with E-state index in [1.54, 1.807) is 6.92 Å². The molecule has 0 saturated carbocycles. The Kier molecular flexibility index (Phi) is 5.25. The molecule has 1 unspecified atom stereocenters. The van der Waals surface area contributed by atoms with Gasteiger partial charge in [-0.1, -0.05) is 0 Å². The molecule has 0 fully saturated rings. The van der Waals surface area contributed by atoms with Gasteiger partial charge in [0.15, 0.2) is 0 Å². The zero-order valence-corrected chi connectivity index (χ0v) is 10.8. The van der Waals surface area contributed by atoms with E-state index in [9.17, 15) is 14.9 Å². The van der Waals surface area contributed by atoms with Gasteiger partial charge in [0, 0.05) is 18.7 Å². The zero-order chi connectivity index (χ0) is 14.4. The summed E-state index contributed by atoms with van der Waals surface area (Å²) >= 11 is 0. The molecular formula is C12H16N2O5. The maximum Gasteiger partial charge on any atom is 0.337 e. The van der Waals surface area contributed by atoms with Crippen LogP contribution in [0.15, 0.2) is 18.2 Å². The molecule has 7 heteroatoms. The van der Waals surface area contributed by atoms with Gasteiger partial charge in [0.25, 0.3) is 5.69 Å². The summed E-state index contributed by atoms with van der Waals surface area (Å²) in [6, 6.07) is 3.81. The fourth-order valence-electron chi connectivity index (χ4n) is 1.59. The Hall–Kier alpha value is -2.15. The zero-order valence-electron chi connectivity index (χ0n) is 10.8. The standard InChI is InChI=1S/C12H16N2O5/c1-8(5-6-15)13-10-7-9(12(16)19-2)3-4-11(10)14(17)18/h3-4,7-8,13,15H,5-6H2,1-2H3. The van der Waals surface area contributed by atoms with Crippen LogP contribution in [0, 0.1) is 10.1 Å². The molecule has 0 aromatic heterocycles. The first-order valence-electron chi connectivity index (χ1n) is 5.73. The Morgan fingerprint density at radius 2 is 2.26 bits per heavy atom. The predicted molar refractivity (Wildman–Crippen MR) is 69.2 cm³/mol. The van der Waals surface area contributed by atoms with E-state index in [2.05, 4.69) is 10.1 Å². The summed E-state index contributed by atoms with van der Waals surface area (Å²) in [6.07, 6.45) is 0.444. The van der Waals surface area contributed by atoms with Gasteiger partial charge < -0.3 is 15.2 Å². The molecule has 0 spiro atoms. The number of hydrogen-bond acceptors (Lipinski definition) is 6. The Bertz CT molecular complexity index is 475. The Morgan fingerprint density at radius 1 is 1.58 bits per heavy atom. The van der Waals surface area contributed by atoms with Gasteiger partial charge >= 0.3 is 5.97 Å². The van der Waals surface area contributed by atoms with E-state index in [0.717, 1.165) is 0 Å². The maximum absolute atomic E-state index is 11.4. The van der Waals surface area contributed by atoms with Crippen molar-refractivity contribution in [1.29, 1.82) is 0 Å². The number of nitro groups is 1. The van der Waals surface area contributed by atoms with Crippen LogP contribution in [0.25, 0.3) is 0 Å². The van der Waals surface area contributed by atoms with Gasteiger partial charge in [-0.25, -0.2) is 4.79 Å². The van der Waals surface area contributed by atoms with Crippen molar-refractivity contribution in [3.8, 4) is 0 Å². The minimum atomic E-state index is -0.562. The molecule has 1 atom stereocenters. The quantitative estimate of drug-likeness (QED) is 0.461. The van der Waals surface area contributed by atoms with Crippen molar-refractivity contribution in [1.82, 2.24) is 0 Å². The molecule has 0 saturated heterocycles. The number of benzene rings is 1. The van der Waals surface area contributed by atoms with Crippen LogP contribution in [0.3, 0.4) is 0 Å². The Balaban J connectivity index is 3.08. The molecule has 0 bridgehead atoms. The van der Waals surface area contributed by atoms with Crippen molar-refractivity contribution in [2.75, 3.05) is 19.0 Å². The third kappa shape index (κ3) is 3.92. The highest BCUT2D eigenvalue weighted by atomic mass is 16.6. The van der Waals surface area contributed by atoms with Gasteiger partial charge in [-0.2, -0.15) is 0 Å². The second-order valence-corrected chi connectivity index (χ2v) is 4.04. The molecule has 1 aromatic carbocycles. The first-order valence-corrected chi connectivity index (χ1v) is 5.73. The first kappa shape index (κ1) is 14.9. The predicted octanol–water partition coefficient (Wildman–Crippen LogP) is 1.56. The minimum absolute atomic E-state index is 0.0291. The van der Waals surface area contributed by atoms with E-state index >= 15 is 0 Å². The minimum Gasteiger partial charge on any atom is -0.465 e. The number of carbonyl (C=O) groups excluding carboxylic acids is 1. The van der Waals surface area contributed by atoms with E-state index in [1.807, 2.05) is 0 Å². The molecule has 0 heterocycles. The molecule has 0 aliphatic heterocycles. The number of rotatable bonds is 6. The van der Waals surface area contributed by atoms with Crippen molar-refractivity contribution in [2.24, 2.45) is 0 Å². The lowest BCUT2D eigenvalue weighted by molar-refractivity contribution is -0.384. The molecule has 19 heavy (non-hydrogen) atoms. The van der Waals surface area contributed by atoms with Crippen molar-refractivity contribution in [3.63, 3.8) is 0 Å². The summed E-state index contributed by atoms with van der Waals surface area (Å²) in [5.74, 6) is -0.562. The van der Waals surface area contributed by atoms with Gasteiger partial charge in [0.05, 0.1) is 17.6 Å². The van der Waals surface area contributed by atoms with E-state index in [4.69, 9.17) is 5.11 Å². The molecule has 0 aliphatic carbocycles. The lowest BCUT2D eigenvalue weighted by Crippen LogP contribution is -2.18. The van der Waals surface area contributed by atoms with Crippen molar-refractivity contribution in [2.45, 2.75) is 19.4 Å². The fraction of sp³-hybridized carbons (Fsp3) is 0.417. The number of hydrogen-bond donors (Lipinski definition) is 2. The maximum atomic E-state index is 11.4. The van der Waals surface area contributed by atoms with Crippen LogP contribution in [-0.2, 0) is 4.74 Å². The number of nitro benzene ring substituents is 1. The third-order valence-corrected chi connectivity index (χ3v) is 2.58. The fourth-order valence-corrected chi connectivity index (χ4v) is 1.59. The van der Waals surface area contributed by atoms with E-state index < -0.39 is 10.9 Å². The second-order valence-electron chi connectivity index (χ2n) is 4.04. The van der Waals surface area contributed by atoms with Crippen LogP contribution in [-0.4, -0.2) is 35.8 Å². The molecule has 104 valence electrons. The number of carbonyl (C=O) groups is 1. The number of methoxy groups -OCH3 is 1. The largest absolute Gasteiger partial charge is 0.465 e. The molecule has 0 radical (unpaired) electrons. The number of nitrogens with zero attached hydrogens (tertiary/aromatic N) is 1. The number of ether oxygens (including phenoxy) is 1. The summed E-state index contributed by atoms with van der Waals surface area (Å²) in [4.78, 5) is 21.8. The third-order valence-electron chi connectivity index (χ3n) is 2.58. The van der Waals surface area contributed by atoms with Crippen LogP contribution in [0.1, 0.15) is 23.7 Å². The van der Waals surface area contributed by atoms with Gasteiger partial charge in [-0.15, -0.1) is 0 Å². The van der Waals surface area contributed by atoms with Gasteiger partial charge in [-0.3, -0.25) is 10.1 Å². The second kappa shape index (κ2) is 6.69. The SMILES string of the molecule is COC(=O)c1ccc([N+](=O)[O-])c(NC(C)CCO)c1. The number of aliphatic hydroxyl groups is 1. The lowest BCUT2D eigenvalue weighted by atomic mass is 10.1. The highest BCUT2D eigenvalue weighted by molar-refractivity contribution is 5.91. The normalized spacial score (nSPS) is 11.7.